The average molecular weight is 237 g/mol. The van der Waals surface area contributed by atoms with E-state index in [4.69, 9.17) is 5.73 Å². The molecular weight excluding hydrogens is 222 g/mol. The number of carbonyl (C=O) groups is 1. The zero-order valence-electron chi connectivity index (χ0n) is 9.55. The first kappa shape index (κ1) is 13.1. The fraction of sp³-hybridized carbons (Fsp3) is 0.364. The molecule has 92 valence electrons. The molecule has 6 nitrogen and oxygen atoms in total. The predicted molar refractivity (Wildman–Crippen MR) is 63.2 cm³/mol. The van der Waals surface area contributed by atoms with Gasteiger partial charge in [0.2, 0.25) is 5.91 Å². The van der Waals surface area contributed by atoms with Crippen molar-refractivity contribution in [3.05, 3.63) is 39.9 Å². The molecule has 0 aromatic heterocycles. The third-order valence-electron chi connectivity index (χ3n) is 2.42. The molecule has 0 saturated heterocycles. The Balaban J connectivity index is 2.53. The van der Waals surface area contributed by atoms with Gasteiger partial charge in [0.25, 0.3) is 5.69 Å². The molecule has 0 fully saturated rings. The lowest BCUT2D eigenvalue weighted by atomic mass is 10.1. The molecule has 6 heteroatoms. The van der Waals surface area contributed by atoms with E-state index in [-0.39, 0.29) is 17.5 Å². The van der Waals surface area contributed by atoms with E-state index in [0.717, 1.165) is 5.56 Å². The maximum absolute atomic E-state index is 11.4. The lowest BCUT2D eigenvalue weighted by Gasteiger charge is -2.09. The van der Waals surface area contributed by atoms with Crippen LogP contribution in [0.1, 0.15) is 12.5 Å². The highest BCUT2D eigenvalue weighted by atomic mass is 16.6. The minimum atomic E-state index is -0.459. The van der Waals surface area contributed by atoms with Crippen LogP contribution in [0.5, 0.6) is 0 Å². The molecule has 0 spiro atoms. The maximum atomic E-state index is 11.4. The molecule has 1 unspecified atom stereocenters. The van der Waals surface area contributed by atoms with Crippen LogP contribution in [-0.2, 0) is 11.3 Å². The van der Waals surface area contributed by atoms with Crippen LogP contribution in [0.15, 0.2) is 24.3 Å². The van der Waals surface area contributed by atoms with E-state index < -0.39 is 4.92 Å². The SMILES string of the molecule is CC(CN)C(=O)NCc1ccc([N+](=O)[O-])cc1. The summed E-state index contributed by atoms with van der Waals surface area (Å²) in [5, 5.41) is 13.1. The van der Waals surface area contributed by atoms with Crippen molar-refractivity contribution in [2.24, 2.45) is 11.7 Å². The molecule has 0 heterocycles. The zero-order chi connectivity index (χ0) is 12.8. The quantitative estimate of drug-likeness (QED) is 0.584. The third kappa shape index (κ3) is 3.84. The van der Waals surface area contributed by atoms with Crippen LogP contribution < -0.4 is 11.1 Å². The number of hydrogen-bond acceptors (Lipinski definition) is 4. The highest BCUT2D eigenvalue weighted by molar-refractivity contribution is 5.78. The standard InChI is InChI=1S/C11H15N3O3/c1-8(6-12)11(15)13-7-9-2-4-10(5-3-9)14(16)17/h2-5,8H,6-7,12H2,1H3,(H,13,15). The molecule has 17 heavy (non-hydrogen) atoms. The zero-order valence-corrected chi connectivity index (χ0v) is 9.55. The molecule has 1 rings (SSSR count). The largest absolute Gasteiger partial charge is 0.352 e. The van der Waals surface area contributed by atoms with Gasteiger partial charge in [0.1, 0.15) is 0 Å². The molecule has 1 atom stereocenters. The van der Waals surface area contributed by atoms with Crippen LogP contribution in [0.3, 0.4) is 0 Å². The molecule has 0 radical (unpaired) electrons. The monoisotopic (exact) mass is 237 g/mol. The summed E-state index contributed by atoms with van der Waals surface area (Å²) in [5.41, 5.74) is 6.21. The summed E-state index contributed by atoms with van der Waals surface area (Å²) < 4.78 is 0. The summed E-state index contributed by atoms with van der Waals surface area (Å²) in [6.07, 6.45) is 0. The van der Waals surface area contributed by atoms with Gasteiger partial charge < -0.3 is 11.1 Å². The lowest BCUT2D eigenvalue weighted by Crippen LogP contribution is -2.32. The van der Waals surface area contributed by atoms with Gasteiger partial charge in [-0.3, -0.25) is 14.9 Å². The first-order chi connectivity index (χ1) is 8.04. The smallest absolute Gasteiger partial charge is 0.269 e. The van der Waals surface area contributed by atoms with Gasteiger partial charge in [-0.25, -0.2) is 0 Å². The van der Waals surface area contributed by atoms with Gasteiger partial charge >= 0.3 is 0 Å². The molecule has 1 aromatic carbocycles. The van der Waals surface area contributed by atoms with Crippen molar-refractivity contribution in [1.29, 1.82) is 0 Å². The summed E-state index contributed by atoms with van der Waals surface area (Å²) in [7, 11) is 0. The summed E-state index contributed by atoms with van der Waals surface area (Å²) >= 11 is 0. The predicted octanol–water partition coefficient (Wildman–Crippen LogP) is 0.806. The maximum Gasteiger partial charge on any atom is 0.269 e. The van der Waals surface area contributed by atoms with E-state index in [1.54, 1.807) is 19.1 Å². The van der Waals surface area contributed by atoms with Crippen molar-refractivity contribution in [2.45, 2.75) is 13.5 Å². The van der Waals surface area contributed by atoms with E-state index in [2.05, 4.69) is 5.32 Å². The van der Waals surface area contributed by atoms with Gasteiger partial charge in [-0.15, -0.1) is 0 Å². The van der Waals surface area contributed by atoms with E-state index in [1.807, 2.05) is 0 Å². The number of rotatable bonds is 5. The average Bonchev–Trinajstić information content (AvgIpc) is 2.35. The molecule has 1 amide bonds. The summed E-state index contributed by atoms with van der Waals surface area (Å²) in [4.78, 5) is 21.4. The number of amides is 1. The normalized spacial score (nSPS) is 11.9. The molecule has 0 aliphatic rings. The number of nitro groups is 1. The van der Waals surface area contributed by atoms with Crippen molar-refractivity contribution in [3.8, 4) is 0 Å². The van der Waals surface area contributed by atoms with Crippen molar-refractivity contribution >= 4 is 11.6 Å². The van der Waals surface area contributed by atoms with Crippen LogP contribution >= 0.6 is 0 Å². The molecule has 0 bridgehead atoms. The van der Waals surface area contributed by atoms with Gasteiger partial charge in [0.05, 0.1) is 4.92 Å². The Morgan fingerprint density at radius 3 is 2.53 bits per heavy atom. The first-order valence-electron chi connectivity index (χ1n) is 5.25. The first-order valence-corrected chi connectivity index (χ1v) is 5.25. The second kappa shape index (κ2) is 5.95. The molecular formula is C11H15N3O3. The molecule has 1 aromatic rings. The van der Waals surface area contributed by atoms with Crippen molar-refractivity contribution < 1.29 is 9.72 Å². The number of non-ortho nitro benzene ring substituents is 1. The van der Waals surface area contributed by atoms with Crippen molar-refractivity contribution in [1.82, 2.24) is 5.32 Å². The van der Waals surface area contributed by atoms with Crippen molar-refractivity contribution in [2.75, 3.05) is 6.54 Å². The Kier molecular flexibility index (Phi) is 4.59. The number of benzene rings is 1. The molecule has 3 N–H and O–H groups in total. The Bertz CT molecular complexity index is 403. The Labute approximate surface area is 99.0 Å². The number of nitrogens with zero attached hydrogens (tertiary/aromatic N) is 1. The second-order valence-electron chi connectivity index (χ2n) is 3.78. The molecule has 0 aliphatic carbocycles. The van der Waals surface area contributed by atoms with Gasteiger partial charge in [-0.1, -0.05) is 19.1 Å². The highest BCUT2D eigenvalue weighted by Gasteiger charge is 2.10. The number of nitro benzene ring substituents is 1. The van der Waals surface area contributed by atoms with Crippen LogP contribution in [0, 0.1) is 16.0 Å². The van der Waals surface area contributed by atoms with E-state index in [0.29, 0.717) is 13.1 Å². The fourth-order valence-electron chi connectivity index (χ4n) is 1.21. The summed E-state index contributed by atoms with van der Waals surface area (Å²) in [6.45, 7) is 2.39. The molecule has 0 aliphatic heterocycles. The van der Waals surface area contributed by atoms with E-state index >= 15 is 0 Å². The highest BCUT2D eigenvalue weighted by Crippen LogP contribution is 2.11. The minimum Gasteiger partial charge on any atom is -0.352 e. The van der Waals surface area contributed by atoms with Crippen LogP contribution in [0.2, 0.25) is 0 Å². The molecule has 0 saturated carbocycles. The summed E-state index contributed by atoms with van der Waals surface area (Å²) in [5.74, 6) is -0.348. The Morgan fingerprint density at radius 1 is 1.47 bits per heavy atom. The van der Waals surface area contributed by atoms with Crippen LogP contribution in [-0.4, -0.2) is 17.4 Å². The summed E-state index contributed by atoms with van der Waals surface area (Å²) in [6, 6.07) is 6.05. The van der Waals surface area contributed by atoms with Crippen molar-refractivity contribution in [3.63, 3.8) is 0 Å². The number of nitrogens with one attached hydrogen (secondary N) is 1. The second-order valence-corrected chi connectivity index (χ2v) is 3.78. The van der Waals surface area contributed by atoms with Crippen LogP contribution in [0.25, 0.3) is 0 Å². The lowest BCUT2D eigenvalue weighted by molar-refractivity contribution is -0.384. The van der Waals surface area contributed by atoms with Gasteiger partial charge in [-0.05, 0) is 5.56 Å². The van der Waals surface area contributed by atoms with Gasteiger partial charge in [0.15, 0.2) is 0 Å². The fourth-order valence-corrected chi connectivity index (χ4v) is 1.21. The topological polar surface area (TPSA) is 98.3 Å². The van der Waals surface area contributed by atoms with E-state index in [9.17, 15) is 14.9 Å². The third-order valence-corrected chi connectivity index (χ3v) is 2.42. The van der Waals surface area contributed by atoms with Gasteiger partial charge in [0, 0.05) is 31.1 Å². The van der Waals surface area contributed by atoms with E-state index in [1.165, 1.54) is 12.1 Å². The van der Waals surface area contributed by atoms with Crippen LogP contribution in [0.4, 0.5) is 5.69 Å². The Morgan fingerprint density at radius 2 is 2.06 bits per heavy atom. The number of nitrogens with two attached hydrogens (primary N) is 1. The minimum absolute atomic E-state index is 0.0374. The van der Waals surface area contributed by atoms with Gasteiger partial charge in [-0.2, -0.15) is 0 Å². The number of hydrogen-bond donors (Lipinski definition) is 2. The number of carbonyl (C=O) groups excluding carboxylic acids is 1. The Hall–Kier alpha value is -1.95.